The lowest BCUT2D eigenvalue weighted by molar-refractivity contribution is -0.118. The molecule has 6 heteroatoms. The van der Waals surface area contributed by atoms with Crippen molar-refractivity contribution in [3.8, 4) is 0 Å². The second-order valence-corrected chi connectivity index (χ2v) is 7.44. The highest BCUT2D eigenvalue weighted by atomic mass is 32.2. The fourth-order valence-corrected chi connectivity index (χ4v) is 3.94. The van der Waals surface area contributed by atoms with Crippen LogP contribution in [0.25, 0.3) is 0 Å². The van der Waals surface area contributed by atoms with Crippen LogP contribution < -0.4 is 9.62 Å². The molecule has 0 aromatic heterocycles. The SMILES string of the molecule is CCCN1C(=O)CCc2cc(C(N[SH](=O)=O)c3ccc(C)cc3)ccc21. The number of anilines is 1. The number of benzene rings is 2. The number of hydrogen-bond acceptors (Lipinski definition) is 3. The topological polar surface area (TPSA) is 66.5 Å². The Bertz CT molecular complexity index is 867. The first kappa shape index (κ1) is 18.6. The van der Waals surface area contributed by atoms with Crippen LogP contribution in [0.4, 0.5) is 5.69 Å². The molecule has 1 atom stereocenters. The molecule has 1 aliphatic rings. The van der Waals surface area contributed by atoms with Gasteiger partial charge in [-0.2, -0.15) is 0 Å². The standard InChI is InChI=1S/C20H24N2O3S/c1-3-12-22-18-10-8-17(13-16(18)9-11-19(22)23)20(21-26(24)25)15-6-4-14(2)5-7-15/h4-8,10,13,20,26H,3,9,11-12H2,1-2H3,(H,21,24,25). The third-order valence-electron chi connectivity index (χ3n) is 4.73. The quantitative estimate of drug-likeness (QED) is 0.766. The van der Waals surface area contributed by atoms with Crippen LogP contribution in [0.2, 0.25) is 0 Å². The van der Waals surface area contributed by atoms with E-state index < -0.39 is 16.9 Å². The molecule has 1 heterocycles. The number of nitrogens with one attached hydrogen (secondary N) is 1. The molecule has 0 radical (unpaired) electrons. The summed E-state index contributed by atoms with van der Waals surface area (Å²) < 4.78 is 25.4. The Hall–Kier alpha value is -2.18. The lowest BCUT2D eigenvalue weighted by Gasteiger charge is -2.30. The maximum atomic E-state index is 12.2. The predicted octanol–water partition coefficient (Wildman–Crippen LogP) is 2.89. The monoisotopic (exact) mass is 372 g/mol. The molecule has 0 saturated heterocycles. The summed E-state index contributed by atoms with van der Waals surface area (Å²) >= 11 is 0. The van der Waals surface area contributed by atoms with Crippen molar-refractivity contribution in [2.75, 3.05) is 11.4 Å². The van der Waals surface area contributed by atoms with Crippen molar-refractivity contribution < 1.29 is 13.2 Å². The maximum Gasteiger partial charge on any atom is 0.227 e. The van der Waals surface area contributed by atoms with Crippen molar-refractivity contribution in [1.82, 2.24) is 4.72 Å². The van der Waals surface area contributed by atoms with Gasteiger partial charge in [0.15, 0.2) is 0 Å². The van der Waals surface area contributed by atoms with Crippen LogP contribution in [0.1, 0.15) is 48.1 Å². The van der Waals surface area contributed by atoms with E-state index in [4.69, 9.17) is 0 Å². The molecule has 1 N–H and O–H groups in total. The van der Waals surface area contributed by atoms with Crippen molar-refractivity contribution in [3.05, 3.63) is 64.7 Å². The molecule has 0 spiro atoms. The summed E-state index contributed by atoms with van der Waals surface area (Å²) in [4.78, 5) is 14.0. The zero-order valence-electron chi connectivity index (χ0n) is 15.1. The first-order chi connectivity index (χ1) is 12.5. The highest BCUT2D eigenvalue weighted by Crippen LogP contribution is 2.32. The number of carbonyl (C=O) groups is 1. The van der Waals surface area contributed by atoms with Crippen LogP contribution in [-0.2, 0) is 22.1 Å². The van der Waals surface area contributed by atoms with Gasteiger partial charge in [0, 0.05) is 18.7 Å². The normalized spacial score (nSPS) is 15.2. The molecule has 0 bridgehead atoms. The Morgan fingerprint density at radius 1 is 1.08 bits per heavy atom. The van der Waals surface area contributed by atoms with Gasteiger partial charge in [-0.3, -0.25) is 4.79 Å². The zero-order valence-corrected chi connectivity index (χ0v) is 16.0. The zero-order chi connectivity index (χ0) is 18.7. The van der Waals surface area contributed by atoms with Gasteiger partial charge in [-0.1, -0.05) is 48.9 Å². The van der Waals surface area contributed by atoms with Gasteiger partial charge in [0.1, 0.15) is 0 Å². The molecule has 2 aromatic carbocycles. The summed E-state index contributed by atoms with van der Waals surface area (Å²) in [5.74, 6) is 0.156. The Labute approximate surface area is 156 Å². The number of carbonyl (C=O) groups excluding carboxylic acids is 1. The Balaban J connectivity index is 2.00. The minimum Gasteiger partial charge on any atom is -0.312 e. The molecule has 5 nitrogen and oxygen atoms in total. The van der Waals surface area contributed by atoms with E-state index in [1.165, 1.54) is 0 Å². The van der Waals surface area contributed by atoms with Crippen molar-refractivity contribution >= 4 is 22.5 Å². The number of fused-ring (bicyclic) bond motifs is 1. The molecule has 0 aliphatic carbocycles. The fraction of sp³-hybridized carbons (Fsp3) is 0.350. The number of aryl methyl sites for hydroxylation is 2. The molecule has 1 aliphatic heterocycles. The van der Waals surface area contributed by atoms with Crippen molar-refractivity contribution in [2.24, 2.45) is 0 Å². The van der Waals surface area contributed by atoms with E-state index in [0.29, 0.717) is 19.4 Å². The second-order valence-electron chi connectivity index (χ2n) is 6.66. The number of nitrogens with zero attached hydrogens (tertiary/aromatic N) is 1. The molecule has 26 heavy (non-hydrogen) atoms. The third-order valence-corrected chi connectivity index (χ3v) is 5.20. The fourth-order valence-electron chi connectivity index (χ4n) is 3.43. The highest BCUT2D eigenvalue weighted by molar-refractivity contribution is 7.70. The van der Waals surface area contributed by atoms with Crippen LogP contribution in [-0.4, -0.2) is 20.9 Å². The van der Waals surface area contributed by atoms with E-state index in [9.17, 15) is 13.2 Å². The van der Waals surface area contributed by atoms with E-state index in [-0.39, 0.29) is 5.91 Å². The van der Waals surface area contributed by atoms with E-state index in [0.717, 1.165) is 34.4 Å². The van der Waals surface area contributed by atoms with Crippen LogP contribution in [0.5, 0.6) is 0 Å². The number of amides is 1. The van der Waals surface area contributed by atoms with Gasteiger partial charge in [-0.15, -0.1) is 0 Å². The smallest absolute Gasteiger partial charge is 0.227 e. The minimum absolute atomic E-state index is 0.156. The van der Waals surface area contributed by atoms with Gasteiger partial charge in [-0.05, 0) is 42.5 Å². The molecule has 0 saturated carbocycles. The maximum absolute atomic E-state index is 12.2. The van der Waals surface area contributed by atoms with E-state index in [1.807, 2.05) is 54.3 Å². The van der Waals surface area contributed by atoms with Crippen LogP contribution in [0, 0.1) is 6.92 Å². The van der Waals surface area contributed by atoms with Gasteiger partial charge in [0.25, 0.3) is 0 Å². The van der Waals surface area contributed by atoms with Gasteiger partial charge in [0.2, 0.25) is 16.8 Å². The predicted molar refractivity (Wildman–Crippen MR) is 104 cm³/mol. The van der Waals surface area contributed by atoms with E-state index >= 15 is 0 Å². The van der Waals surface area contributed by atoms with Crippen LogP contribution in [0.15, 0.2) is 42.5 Å². The lowest BCUT2D eigenvalue weighted by atomic mass is 9.93. The van der Waals surface area contributed by atoms with Crippen molar-refractivity contribution in [3.63, 3.8) is 0 Å². The van der Waals surface area contributed by atoms with Gasteiger partial charge < -0.3 is 4.90 Å². The number of hydrogen-bond donors (Lipinski definition) is 2. The molecular formula is C20H24N2O3S. The summed E-state index contributed by atoms with van der Waals surface area (Å²) in [5, 5.41) is 0. The summed E-state index contributed by atoms with van der Waals surface area (Å²) in [7, 11) is -2.74. The van der Waals surface area contributed by atoms with Crippen LogP contribution >= 0.6 is 0 Å². The third kappa shape index (κ3) is 3.97. The molecule has 1 amide bonds. The molecule has 1 unspecified atom stereocenters. The Kier molecular flexibility index (Phi) is 5.74. The average molecular weight is 372 g/mol. The van der Waals surface area contributed by atoms with E-state index in [2.05, 4.69) is 11.6 Å². The molecule has 138 valence electrons. The summed E-state index contributed by atoms with van der Waals surface area (Å²) in [6.07, 6.45) is 2.08. The van der Waals surface area contributed by atoms with Crippen molar-refractivity contribution in [1.29, 1.82) is 0 Å². The summed E-state index contributed by atoms with van der Waals surface area (Å²) in [6.45, 7) is 4.76. The average Bonchev–Trinajstić information content (AvgIpc) is 2.62. The first-order valence-electron chi connectivity index (χ1n) is 8.90. The van der Waals surface area contributed by atoms with Crippen molar-refractivity contribution in [2.45, 2.75) is 39.2 Å². The molecule has 2 aromatic rings. The number of thiol groups is 1. The Morgan fingerprint density at radius 3 is 2.42 bits per heavy atom. The van der Waals surface area contributed by atoms with Crippen LogP contribution in [0.3, 0.4) is 0 Å². The summed E-state index contributed by atoms with van der Waals surface area (Å²) in [5.41, 5.74) is 4.94. The van der Waals surface area contributed by atoms with Gasteiger partial charge in [-0.25, -0.2) is 13.1 Å². The molecule has 3 rings (SSSR count). The molecular weight excluding hydrogens is 348 g/mol. The minimum atomic E-state index is -2.74. The first-order valence-corrected chi connectivity index (χ1v) is 10.1. The molecule has 0 fully saturated rings. The Morgan fingerprint density at radius 2 is 1.77 bits per heavy atom. The largest absolute Gasteiger partial charge is 0.312 e. The lowest BCUT2D eigenvalue weighted by Crippen LogP contribution is -2.35. The van der Waals surface area contributed by atoms with Gasteiger partial charge >= 0.3 is 0 Å². The van der Waals surface area contributed by atoms with Gasteiger partial charge in [0.05, 0.1) is 6.04 Å². The summed E-state index contributed by atoms with van der Waals surface area (Å²) in [6, 6.07) is 13.3. The highest BCUT2D eigenvalue weighted by Gasteiger charge is 2.25. The number of rotatable bonds is 6. The van der Waals surface area contributed by atoms with E-state index in [1.54, 1.807) is 0 Å². The second kappa shape index (κ2) is 8.01.